The van der Waals surface area contributed by atoms with Crippen molar-refractivity contribution < 1.29 is 0 Å². The first-order chi connectivity index (χ1) is 40.2. The van der Waals surface area contributed by atoms with E-state index in [-0.39, 0.29) is 21.7 Å². The van der Waals surface area contributed by atoms with Gasteiger partial charge in [0.05, 0.1) is 0 Å². The molecule has 0 heterocycles. The number of benzene rings is 14. The zero-order valence-corrected chi connectivity index (χ0v) is 50.5. The Hall–Kier alpha value is -8.84. The van der Waals surface area contributed by atoms with Gasteiger partial charge in [-0.15, -0.1) is 0 Å². The third-order valence-electron chi connectivity index (χ3n) is 19.9. The largest absolute Gasteiger partial charge is 0.0622 e. The predicted octanol–water partition coefficient (Wildman–Crippen LogP) is 24.5. The highest BCUT2D eigenvalue weighted by molar-refractivity contribution is 6.51. The average Bonchev–Trinajstić information content (AvgIpc) is 1.49. The molecule has 0 nitrogen and oxygen atoms in total. The van der Waals surface area contributed by atoms with Crippen molar-refractivity contribution in [1.82, 2.24) is 0 Å². The average molecular weight is 1080 g/mol. The molecule has 1 aliphatic rings. The summed E-state index contributed by atoms with van der Waals surface area (Å²) in [7, 11) is 0. The molecule has 0 bridgehead atoms. The van der Waals surface area contributed by atoms with Crippen LogP contribution in [0.15, 0.2) is 194 Å². The first-order valence-electron chi connectivity index (χ1n) is 30.6. The van der Waals surface area contributed by atoms with Crippen molar-refractivity contribution in [2.75, 3.05) is 0 Å². The molecule has 0 atom stereocenters. The monoisotopic (exact) mass is 1080 g/mol. The molecule has 84 heavy (non-hydrogen) atoms. The van der Waals surface area contributed by atoms with Crippen LogP contribution in [0.1, 0.15) is 105 Å². The van der Waals surface area contributed by atoms with Crippen LogP contribution in [0.2, 0.25) is 0 Å². The zero-order valence-electron chi connectivity index (χ0n) is 50.5. The van der Waals surface area contributed by atoms with E-state index in [2.05, 4.69) is 277 Å². The van der Waals surface area contributed by atoms with Gasteiger partial charge < -0.3 is 0 Å². The molecular formula is C84H68. The van der Waals surface area contributed by atoms with Crippen LogP contribution in [-0.2, 0) is 21.7 Å². The third-order valence-corrected chi connectivity index (χ3v) is 19.9. The molecule has 0 radical (unpaired) electrons. The van der Waals surface area contributed by atoms with Gasteiger partial charge in [0.1, 0.15) is 0 Å². The van der Waals surface area contributed by atoms with Gasteiger partial charge in [0.25, 0.3) is 0 Å². The van der Waals surface area contributed by atoms with E-state index in [0.29, 0.717) is 0 Å². The first kappa shape index (κ1) is 49.7. The van der Waals surface area contributed by atoms with Crippen LogP contribution >= 0.6 is 0 Å². The molecule has 16 aromatic rings. The second-order valence-electron chi connectivity index (χ2n) is 29.1. The highest BCUT2D eigenvalue weighted by Crippen LogP contribution is 2.62. The smallest absolute Gasteiger partial charge is 0.000696 e. The SMILES string of the molecule is CC(C)(C)c1cc(-c2c3c(c(-c4cc(C(C)(C)C)cc(C(C)(C)C)c4)c4cc5ccccc5cc24)-c2ccc4c5ccc6c7c(ccc(c8ccc-3c2c84)c57)c2c(-c3ccccc3)c3cccc4c5ccccc5c(c34)c62)cc(C(C)(C)C)c1. The normalized spacial score (nSPS) is 13.5. The number of rotatable bonds is 3. The molecule has 0 N–H and O–H groups in total. The summed E-state index contributed by atoms with van der Waals surface area (Å²) in [4.78, 5) is 0. The lowest BCUT2D eigenvalue weighted by Crippen LogP contribution is -2.17. The summed E-state index contributed by atoms with van der Waals surface area (Å²) in [5, 5.41) is 29.4. The van der Waals surface area contributed by atoms with Crippen LogP contribution in [0.25, 0.3) is 174 Å². The first-order valence-corrected chi connectivity index (χ1v) is 30.6. The van der Waals surface area contributed by atoms with Crippen LogP contribution < -0.4 is 0 Å². The molecule has 404 valence electrons. The molecule has 0 saturated heterocycles. The Labute approximate surface area is 492 Å². The van der Waals surface area contributed by atoms with E-state index in [4.69, 9.17) is 0 Å². The molecule has 0 heteroatoms. The fourth-order valence-corrected chi connectivity index (χ4v) is 15.7. The fraction of sp³-hybridized carbons (Fsp3) is 0.190. The summed E-state index contributed by atoms with van der Waals surface area (Å²) in [5.74, 6) is 0. The van der Waals surface area contributed by atoms with Gasteiger partial charge in [-0.25, -0.2) is 0 Å². The molecule has 0 aromatic heterocycles. The standard InChI is InChI=1S/C84H68/c1-81(2,3)50-37-48(38-51(43-50)82(4,5)6)69-66-41-46-23-16-17-24-47(46)42-67(66)70(49-39-52(83(7,8)9)44-53(40-49)84(10,11)12)79-64-35-31-58-60-32-36-65-75-62(33-29-59(72(60)75)57-30-34-63(78(69)79)74(64)71(57)58)77-68(45-21-14-13-15-22-45)61-28-20-27-55-54-25-18-19-26-56(54)76(73(55)61)80(65)77/h13-44H,1-12H3. The topological polar surface area (TPSA) is 0 Å². The number of hydrogen-bond acceptors (Lipinski definition) is 0. The van der Waals surface area contributed by atoms with Crippen LogP contribution in [0.5, 0.6) is 0 Å². The Morgan fingerprint density at radius 2 is 0.536 bits per heavy atom. The van der Waals surface area contributed by atoms with E-state index in [1.54, 1.807) is 0 Å². The van der Waals surface area contributed by atoms with Gasteiger partial charge in [-0.05, 0) is 230 Å². The van der Waals surface area contributed by atoms with E-state index in [0.717, 1.165) is 0 Å². The van der Waals surface area contributed by atoms with Crippen LogP contribution in [0.4, 0.5) is 0 Å². The lowest BCUT2D eigenvalue weighted by molar-refractivity contribution is 0.568. The van der Waals surface area contributed by atoms with Gasteiger partial charge >= 0.3 is 0 Å². The van der Waals surface area contributed by atoms with Gasteiger partial charge in [0.2, 0.25) is 0 Å². The molecule has 16 aromatic carbocycles. The summed E-state index contributed by atoms with van der Waals surface area (Å²) >= 11 is 0. The molecule has 0 spiro atoms. The van der Waals surface area contributed by atoms with E-state index >= 15 is 0 Å². The van der Waals surface area contributed by atoms with Gasteiger partial charge in [-0.2, -0.15) is 0 Å². The Balaban J connectivity index is 1.05. The lowest BCUT2D eigenvalue weighted by Gasteiger charge is -2.29. The zero-order chi connectivity index (χ0) is 57.4. The van der Waals surface area contributed by atoms with Crippen molar-refractivity contribution in [2.45, 2.75) is 105 Å². The Bertz CT molecular complexity index is 5280. The maximum Gasteiger partial charge on any atom is -0.000696 e. The van der Waals surface area contributed by atoms with Crippen molar-refractivity contribution >= 4 is 118 Å². The van der Waals surface area contributed by atoms with Crippen molar-refractivity contribution in [3.05, 3.63) is 216 Å². The van der Waals surface area contributed by atoms with Gasteiger partial charge in [-0.1, -0.05) is 265 Å². The second kappa shape index (κ2) is 16.5. The summed E-state index contributed by atoms with van der Waals surface area (Å²) in [6.45, 7) is 28.5. The van der Waals surface area contributed by atoms with Crippen molar-refractivity contribution in [1.29, 1.82) is 0 Å². The van der Waals surface area contributed by atoms with Crippen LogP contribution in [-0.4, -0.2) is 0 Å². The lowest BCUT2D eigenvalue weighted by atomic mass is 9.75. The van der Waals surface area contributed by atoms with Gasteiger partial charge in [0, 0.05) is 0 Å². The Morgan fingerprint density at radius 1 is 0.190 bits per heavy atom. The minimum atomic E-state index is -0.0686. The van der Waals surface area contributed by atoms with Crippen molar-refractivity contribution in [3.63, 3.8) is 0 Å². The molecule has 1 aliphatic carbocycles. The second-order valence-corrected chi connectivity index (χ2v) is 29.1. The van der Waals surface area contributed by atoms with Gasteiger partial charge in [-0.3, -0.25) is 0 Å². The predicted molar refractivity (Wildman–Crippen MR) is 368 cm³/mol. The molecule has 0 unspecified atom stereocenters. The summed E-state index contributed by atoms with van der Waals surface area (Å²) in [6, 6.07) is 76.7. The molecule has 0 amide bonds. The Morgan fingerprint density at radius 3 is 1.04 bits per heavy atom. The minimum Gasteiger partial charge on any atom is -0.0622 e. The molecule has 0 fully saturated rings. The van der Waals surface area contributed by atoms with Crippen LogP contribution in [0.3, 0.4) is 0 Å². The van der Waals surface area contributed by atoms with E-state index in [1.807, 2.05) is 0 Å². The van der Waals surface area contributed by atoms with Crippen molar-refractivity contribution in [2.24, 2.45) is 0 Å². The molecule has 0 saturated carbocycles. The number of fused-ring (bicyclic) bond motifs is 14. The van der Waals surface area contributed by atoms with E-state index in [1.165, 1.54) is 196 Å². The minimum absolute atomic E-state index is 0.0686. The van der Waals surface area contributed by atoms with E-state index < -0.39 is 0 Å². The molecule has 0 aliphatic heterocycles. The fourth-order valence-electron chi connectivity index (χ4n) is 15.7. The maximum atomic E-state index is 2.55. The molecule has 17 rings (SSSR count). The highest BCUT2D eigenvalue weighted by atomic mass is 14.4. The summed E-state index contributed by atoms with van der Waals surface area (Å²) < 4.78 is 0. The third kappa shape index (κ3) is 6.66. The summed E-state index contributed by atoms with van der Waals surface area (Å²) in [6.07, 6.45) is 0. The molecular weight excluding hydrogens is 1010 g/mol. The van der Waals surface area contributed by atoms with Gasteiger partial charge in [0.15, 0.2) is 0 Å². The maximum absolute atomic E-state index is 2.55. The van der Waals surface area contributed by atoms with E-state index in [9.17, 15) is 0 Å². The Kier molecular flexibility index (Phi) is 9.76. The van der Waals surface area contributed by atoms with Crippen molar-refractivity contribution in [3.8, 4) is 55.6 Å². The number of hydrogen-bond donors (Lipinski definition) is 0. The quantitative estimate of drug-likeness (QED) is 0.122. The summed E-state index contributed by atoms with van der Waals surface area (Å²) in [5.41, 5.74) is 18.4. The highest BCUT2D eigenvalue weighted by Gasteiger charge is 2.36. The van der Waals surface area contributed by atoms with Crippen LogP contribution in [0, 0.1) is 0 Å².